The molecule has 21 heavy (non-hydrogen) atoms. The average Bonchev–Trinajstić information content (AvgIpc) is 2.90. The summed E-state index contributed by atoms with van der Waals surface area (Å²) in [5.74, 6) is 0. The number of aromatic nitrogens is 2. The summed E-state index contributed by atoms with van der Waals surface area (Å²) in [6.07, 6.45) is 4.73. The molecule has 0 aliphatic carbocycles. The predicted octanol–water partition coefficient (Wildman–Crippen LogP) is 1.62. The van der Waals surface area contributed by atoms with Gasteiger partial charge in [0.2, 0.25) is 10.0 Å². The van der Waals surface area contributed by atoms with Crippen molar-refractivity contribution in [2.45, 2.75) is 11.4 Å². The number of H-pyrrole nitrogens is 1. The van der Waals surface area contributed by atoms with Gasteiger partial charge in [-0.1, -0.05) is 6.07 Å². The Bertz CT molecular complexity index is 872. The van der Waals surface area contributed by atoms with Gasteiger partial charge in [-0.25, -0.2) is 13.1 Å². The fraction of sp³-hybridized carbons (Fsp3) is 0.0714. The van der Waals surface area contributed by atoms with Gasteiger partial charge in [0, 0.05) is 41.7 Å². The molecule has 0 spiro atoms. The second-order valence-electron chi connectivity index (χ2n) is 4.64. The molecule has 6 nitrogen and oxygen atoms in total. The third kappa shape index (κ3) is 2.74. The minimum absolute atomic E-state index is 0.192. The highest BCUT2D eigenvalue weighted by Gasteiger charge is 2.18. The van der Waals surface area contributed by atoms with E-state index in [4.69, 9.17) is 5.73 Å². The molecule has 0 saturated carbocycles. The van der Waals surface area contributed by atoms with Gasteiger partial charge in [0.05, 0.1) is 0 Å². The Morgan fingerprint density at radius 2 is 2.14 bits per heavy atom. The van der Waals surface area contributed by atoms with Crippen LogP contribution in [0.25, 0.3) is 10.9 Å². The van der Waals surface area contributed by atoms with E-state index < -0.39 is 10.0 Å². The van der Waals surface area contributed by atoms with Crippen LogP contribution < -0.4 is 10.5 Å². The van der Waals surface area contributed by atoms with Gasteiger partial charge < -0.3 is 10.7 Å². The summed E-state index contributed by atoms with van der Waals surface area (Å²) in [6, 6.07) is 8.65. The van der Waals surface area contributed by atoms with Gasteiger partial charge in [-0.05, 0) is 29.8 Å². The van der Waals surface area contributed by atoms with Crippen LogP contribution >= 0.6 is 0 Å². The second-order valence-corrected chi connectivity index (χ2v) is 6.38. The van der Waals surface area contributed by atoms with E-state index in [9.17, 15) is 8.42 Å². The number of aromatic amines is 1. The number of sulfonamides is 1. The number of nitrogen functional groups attached to an aromatic ring is 1. The maximum absolute atomic E-state index is 12.4. The standard InChI is InChI=1S/C14H14N4O2S/c15-11-3-4-12-13(6-11)17-9-14(12)21(19,20)18-8-10-2-1-5-16-7-10/h1-7,9,17-18H,8,15H2. The van der Waals surface area contributed by atoms with Gasteiger partial charge in [0.25, 0.3) is 0 Å². The van der Waals surface area contributed by atoms with E-state index in [1.54, 1.807) is 36.7 Å². The van der Waals surface area contributed by atoms with E-state index in [-0.39, 0.29) is 11.4 Å². The van der Waals surface area contributed by atoms with Crippen molar-refractivity contribution in [3.63, 3.8) is 0 Å². The van der Waals surface area contributed by atoms with Crippen LogP contribution in [0.15, 0.2) is 53.8 Å². The number of nitrogens with zero attached hydrogens (tertiary/aromatic N) is 1. The number of pyridine rings is 1. The molecule has 0 aliphatic rings. The normalized spacial score (nSPS) is 11.8. The molecule has 0 saturated heterocycles. The van der Waals surface area contributed by atoms with E-state index in [1.807, 2.05) is 6.07 Å². The predicted molar refractivity (Wildman–Crippen MR) is 81.0 cm³/mol. The first-order chi connectivity index (χ1) is 10.1. The van der Waals surface area contributed by atoms with Crippen molar-refractivity contribution >= 4 is 26.6 Å². The molecule has 0 fully saturated rings. The van der Waals surface area contributed by atoms with Crippen molar-refractivity contribution in [3.8, 4) is 0 Å². The molecule has 0 bridgehead atoms. The zero-order valence-corrected chi connectivity index (χ0v) is 11.9. The van der Waals surface area contributed by atoms with Gasteiger partial charge in [0.15, 0.2) is 0 Å². The Balaban J connectivity index is 1.90. The minimum Gasteiger partial charge on any atom is -0.399 e. The van der Waals surface area contributed by atoms with Gasteiger partial charge in [0.1, 0.15) is 4.90 Å². The maximum atomic E-state index is 12.4. The smallest absolute Gasteiger partial charge is 0.242 e. The van der Waals surface area contributed by atoms with Crippen molar-refractivity contribution in [3.05, 3.63) is 54.5 Å². The number of nitrogens with one attached hydrogen (secondary N) is 2. The summed E-state index contributed by atoms with van der Waals surface area (Å²) in [5, 5.41) is 0.614. The Hall–Kier alpha value is -2.38. The molecule has 4 N–H and O–H groups in total. The molecule has 2 aromatic heterocycles. The lowest BCUT2D eigenvalue weighted by atomic mass is 10.2. The zero-order chi connectivity index (χ0) is 14.9. The highest BCUT2D eigenvalue weighted by molar-refractivity contribution is 7.89. The number of nitrogens with two attached hydrogens (primary N) is 1. The number of anilines is 1. The van der Waals surface area contributed by atoms with Gasteiger partial charge in [-0.15, -0.1) is 0 Å². The van der Waals surface area contributed by atoms with Gasteiger partial charge in [-0.3, -0.25) is 4.98 Å². The van der Waals surface area contributed by atoms with Crippen LogP contribution in [0.2, 0.25) is 0 Å². The number of fused-ring (bicyclic) bond motifs is 1. The number of hydrogen-bond acceptors (Lipinski definition) is 4. The average molecular weight is 302 g/mol. The summed E-state index contributed by atoms with van der Waals surface area (Å²) >= 11 is 0. The summed E-state index contributed by atoms with van der Waals surface area (Å²) < 4.78 is 27.3. The summed E-state index contributed by atoms with van der Waals surface area (Å²) in [4.78, 5) is 7.08. The number of hydrogen-bond donors (Lipinski definition) is 3. The van der Waals surface area contributed by atoms with Crippen molar-refractivity contribution in [2.24, 2.45) is 0 Å². The third-order valence-electron chi connectivity index (χ3n) is 3.15. The fourth-order valence-electron chi connectivity index (χ4n) is 2.10. The van der Waals surface area contributed by atoms with E-state index in [2.05, 4.69) is 14.7 Å². The molecule has 108 valence electrons. The lowest BCUT2D eigenvalue weighted by Crippen LogP contribution is -2.23. The first-order valence-corrected chi connectivity index (χ1v) is 7.80. The number of rotatable bonds is 4. The van der Waals surface area contributed by atoms with Crippen LogP contribution in [0.1, 0.15) is 5.56 Å². The highest BCUT2D eigenvalue weighted by atomic mass is 32.2. The van der Waals surface area contributed by atoms with Gasteiger partial charge >= 0.3 is 0 Å². The summed E-state index contributed by atoms with van der Waals surface area (Å²) in [7, 11) is -3.60. The van der Waals surface area contributed by atoms with Gasteiger partial charge in [-0.2, -0.15) is 0 Å². The highest BCUT2D eigenvalue weighted by Crippen LogP contribution is 2.24. The zero-order valence-electron chi connectivity index (χ0n) is 11.1. The van der Waals surface area contributed by atoms with Crippen LogP contribution in [0.5, 0.6) is 0 Å². The SMILES string of the molecule is Nc1ccc2c(S(=O)(=O)NCc3cccnc3)c[nH]c2c1. The van der Waals surface area contributed by atoms with Crippen LogP contribution in [0.4, 0.5) is 5.69 Å². The van der Waals surface area contributed by atoms with Crippen LogP contribution in [0, 0.1) is 0 Å². The van der Waals surface area contributed by atoms with Crippen molar-refractivity contribution < 1.29 is 8.42 Å². The first-order valence-electron chi connectivity index (χ1n) is 6.31. The van der Waals surface area contributed by atoms with Crippen LogP contribution in [0.3, 0.4) is 0 Å². The first kappa shape index (κ1) is 13.6. The van der Waals surface area contributed by atoms with E-state index in [0.717, 1.165) is 5.56 Å². The van der Waals surface area contributed by atoms with E-state index in [1.165, 1.54) is 6.20 Å². The monoisotopic (exact) mass is 302 g/mol. The van der Waals surface area contributed by atoms with E-state index >= 15 is 0 Å². The molecule has 1 aromatic carbocycles. The molecule has 7 heteroatoms. The molecular formula is C14H14N4O2S. The molecule has 0 atom stereocenters. The molecule has 3 aromatic rings. The molecule has 2 heterocycles. The quantitative estimate of drug-likeness (QED) is 0.637. The lowest BCUT2D eigenvalue weighted by molar-refractivity contribution is 0.582. The number of benzene rings is 1. The van der Waals surface area contributed by atoms with Crippen LogP contribution in [-0.4, -0.2) is 18.4 Å². The Morgan fingerprint density at radius 1 is 1.29 bits per heavy atom. The Labute approximate surface area is 122 Å². The van der Waals surface area contributed by atoms with Crippen molar-refractivity contribution in [1.29, 1.82) is 0 Å². The lowest BCUT2D eigenvalue weighted by Gasteiger charge is -2.05. The molecule has 3 rings (SSSR count). The fourth-order valence-corrected chi connectivity index (χ4v) is 3.29. The maximum Gasteiger partial charge on any atom is 0.242 e. The Morgan fingerprint density at radius 3 is 2.90 bits per heavy atom. The largest absolute Gasteiger partial charge is 0.399 e. The molecular weight excluding hydrogens is 288 g/mol. The van der Waals surface area contributed by atoms with E-state index in [0.29, 0.717) is 16.6 Å². The summed E-state index contributed by atoms with van der Waals surface area (Å²) in [6.45, 7) is 0.192. The third-order valence-corrected chi connectivity index (χ3v) is 4.59. The van der Waals surface area contributed by atoms with Crippen LogP contribution in [-0.2, 0) is 16.6 Å². The molecule has 0 radical (unpaired) electrons. The molecule has 0 unspecified atom stereocenters. The van der Waals surface area contributed by atoms with Crippen molar-refractivity contribution in [1.82, 2.24) is 14.7 Å². The molecule has 0 amide bonds. The summed E-state index contributed by atoms with van der Waals surface area (Å²) in [5.41, 5.74) is 7.75. The Kier molecular flexibility index (Phi) is 3.36. The van der Waals surface area contributed by atoms with Crippen molar-refractivity contribution in [2.75, 3.05) is 5.73 Å². The topological polar surface area (TPSA) is 101 Å². The second kappa shape index (κ2) is 5.19. The minimum atomic E-state index is -3.60. The molecule has 0 aliphatic heterocycles.